The standard InChI is InChI=1S/C13H19BrN2S/c1-3-9(4-2)8-16-11-7-5-6-10(14)12(11)13(15)17/h5-7,9,16H,3-4,8H2,1-2H3,(H2,15,17). The van der Waals surface area contributed by atoms with Crippen molar-refractivity contribution < 1.29 is 0 Å². The van der Waals surface area contributed by atoms with E-state index >= 15 is 0 Å². The summed E-state index contributed by atoms with van der Waals surface area (Å²) in [4.78, 5) is 0.421. The molecule has 0 unspecified atom stereocenters. The minimum atomic E-state index is 0.421. The highest BCUT2D eigenvalue weighted by atomic mass is 79.9. The third-order valence-electron chi connectivity index (χ3n) is 3.00. The summed E-state index contributed by atoms with van der Waals surface area (Å²) >= 11 is 8.56. The number of nitrogens with one attached hydrogen (secondary N) is 1. The van der Waals surface area contributed by atoms with E-state index in [1.807, 2.05) is 18.2 Å². The average Bonchev–Trinajstić information content (AvgIpc) is 2.29. The lowest BCUT2D eigenvalue weighted by Gasteiger charge is -2.17. The molecule has 94 valence electrons. The minimum absolute atomic E-state index is 0.421. The van der Waals surface area contributed by atoms with E-state index in [1.165, 1.54) is 12.8 Å². The van der Waals surface area contributed by atoms with Crippen molar-refractivity contribution in [3.63, 3.8) is 0 Å². The van der Waals surface area contributed by atoms with Gasteiger partial charge in [0.25, 0.3) is 0 Å². The molecule has 1 aromatic rings. The molecule has 0 amide bonds. The SMILES string of the molecule is CCC(CC)CNc1cccc(Br)c1C(N)=S. The monoisotopic (exact) mass is 314 g/mol. The number of thiocarbonyl (C=S) groups is 1. The summed E-state index contributed by atoms with van der Waals surface area (Å²) in [6.45, 7) is 5.38. The molecule has 0 atom stereocenters. The Morgan fingerprint density at radius 2 is 2.06 bits per heavy atom. The third-order valence-corrected chi connectivity index (χ3v) is 3.86. The van der Waals surface area contributed by atoms with Crippen LogP contribution in [0.1, 0.15) is 32.3 Å². The second kappa shape index (κ2) is 6.97. The van der Waals surface area contributed by atoms with Crippen LogP contribution in [0.15, 0.2) is 22.7 Å². The van der Waals surface area contributed by atoms with E-state index in [0.717, 1.165) is 22.3 Å². The summed E-state index contributed by atoms with van der Waals surface area (Å²) < 4.78 is 0.944. The number of benzene rings is 1. The van der Waals surface area contributed by atoms with Crippen LogP contribution in [0.2, 0.25) is 0 Å². The maximum atomic E-state index is 5.75. The van der Waals surface area contributed by atoms with E-state index in [2.05, 4.69) is 35.1 Å². The summed E-state index contributed by atoms with van der Waals surface area (Å²) in [6, 6.07) is 5.96. The first-order chi connectivity index (χ1) is 8.10. The van der Waals surface area contributed by atoms with Crippen LogP contribution in [0, 0.1) is 5.92 Å². The van der Waals surface area contributed by atoms with E-state index in [9.17, 15) is 0 Å². The largest absolute Gasteiger partial charge is 0.389 e. The van der Waals surface area contributed by atoms with E-state index in [-0.39, 0.29) is 0 Å². The van der Waals surface area contributed by atoms with Gasteiger partial charge in [0.1, 0.15) is 4.99 Å². The molecule has 3 N–H and O–H groups in total. The Kier molecular flexibility index (Phi) is 5.92. The zero-order valence-corrected chi connectivity index (χ0v) is 12.7. The highest BCUT2D eigenvalue weighted by molar-refractivity contribution is 9.10. The molecule has 0 aliphatic heterocycles. The van der Waals surface area contributed by atoms with Gasteiger partial charge in [0.15, 0.2) is 0 Å². The molecule has 1 aromatic carbocycles. The maximum Gasteiger partial charge on any atom is 0.107 e. The summed E-state index contributed by atoms with van der Waals surface area (Å²) in [5.41, 5.74) is 7.66. The van der Waals surface area contributed by atoms with Gasteiger partial charge in [0.2, 0.25) is 0 Å². The van der Waals surface area contributed by atoms with E-state index < -0.39 is 0 Å². The first-order valence-corrected chi connectivity index (χ1v) is 7.12. The fourth-order valence-electron chi connectivity index (χ4n) is 1.75. The first kappa shape index (κ1) is 14.5. The van der Waals surface area contributed by atoms with Crippen LogP contribution in [0.4, 0.5) is 5.69 Å². The van der Waals surface area contributed by atoms with Gasteiger partial charge in [-0.2, -0.15) is 0 Å². The van der Waals surface area contributed by atoms with E-state index in [0.29, 0.717) is 10.9 Å². The highest BCUT2D eigenvalue weighted by Gasteiger charge is 2.10. The smallest absolute Gasteiger partial charge is 0.107 e. The Balaban J connectivity index is 2.84. The number of nitrogens with two attached hydrogens (primary N) is 1. The lowest BCUT2D eigenvalue weighted by molar-refractivity contribution is 0.519. The van der Waals surface area contributed by atoms with Crippen molar-refractivity contribution in [3.05, 3.63) is 28.2 Å². The van der Waals surface area contributed by atoms with Gasteiger partial charge in [-0.25, -0.2) is 0 Å². The zero-order chi connectivity index (χ0) is 12.8. The van der Waals surface area contributed by atoms with Gasteiger partial charge in [-0.15, -0.1) is 0 Å². The summed E-state index contributed by atoms with van der Waals surface area (Å²) in [5, 5.41) is 3.44. The zero-order valence-electron chi connectivity index (χ0n) is 10.3. The van der Waals surface area contributed by atoms with Gasteiger partial charge in [-0.3, -0.25) is 0 Å². The quantitative estimate of drug-likeness (QED) is 0.781. The summed E-state index contributed by atoms with van der Waals surface area (Å²) in [5.74, 6) is 0.688. The number of anilines is 1. The van der Waals surface area contributed by atoms with E-state index in [1.54, 1.807) is 0 Å². The highest BCUT2D eigenvalue weighted by Crippen LogP contribution is 2.25. The van der Waals surface area contributed by atoms with Crippen LogP contribution < -0.4 is 11.1 Å². The van der Waals surface area contributed by atoms with Gasteiger partial charge in [0.05, 0.1) is 0 Å². The van der Waals surface area contributed by atoms with Crippen LogP contribution in [0.25, 0.3) is 0 Å². The van der Waals surface area contributed by atoms with Crippen molar-refractivity contribution in [3.8, 4) is 0 Å². The molecule has 0 heterocycles. The molecule has 4 heteroatoms. The first-order valence-electron chi connectivity index (χ1n) is 5.92. The number of halogens is 1. The van der Waals surface area contributed by atoms with Gasteiger partial charge >= 0.3 is 0 Å². The molecule has 0 bridgehead atoms. The van der Waals surface area contributed by atoms with E-state index in [4.69, 9.17) is 18.0 Å². The van der Waals surface area contributed by atoms with Crippen molar-refractivity contribution in [2.75, 3.05) is 11.9 Å². The van der Waals surface area contributed by atoms with Crippen molar-refractivity contribution in [2.45, 2.75) is 26.7 Å². The van der Waals surface area contributed by atoms with Crippen molar-refractivity contribution in [1.29, 1.82) is 0 Å². The molecule has 2 nitrogen and oxygen atoms in total. The Morgan fingerprint density at radius 1 is 1.41 bits per heavy atom. The van der Waals surface area contributed by atoms with Gasteiger partial charge < -0.3 is 11.1 Å². The van der Waals surface area contributed by atoms with Crippen LogP contribution in [0.5, 0.6) is 0 Å². The van der Waals surface area contributed by atoms with Crippen molar-refractivity contribution in [2.24, 2.45) is 11.7 Å². The minimum Gasteiger partial charge on any atom is -0.389 e. The van der Waals surface area contributed by atoms with Gasteiger partial charge in [-0.05, 0) is 34.0 Å². The third kappa shape index (κ3) is 3.96. The predicted molar refractivity (Wildman–Crippen MR) is 82.6 cm³/mol. The fraction of sp³-hybridized carbons (Fsp3) is 0.462. The Hall–Kier alpha value is -0.610. The topological polar surface area (TPSA) is 38.0 Å². The molecule has 0 aliphatic carbocycles. The van der Waals surface area contributed by atoms with Crippen LogP contribution in [-0.2, 0) is 0 Å². The van der Waals surface area contributed by atoms with Crippen LogP contribution in [-0.4, -0.2) is 11.5 Å². The molecular weight excluding hydrogens is 296 g/mol. The molecule has 0 aromatic heterocycles. The van der Waals surface area contributed by atoms with Crippen LogP contribution >= 0.6 is 28.1 Å². The molecule has 0 saturated heterocycles. The predicted octanol–water partition coefficient (Wildman–Crippen LogP) is 3.93. The number of hydrogen-bond donors (Lipinski definition) is 2. The molecule has 0 radical (unpaired) electrons. The number of rotatable bonds is 6. The molecule has 1 rings (SSSR count). The van der Waals surface area contributed by atoms with Crippen molar-refractivity contribution in [1.82, 2.24) is 0 Å². The molecule has 0 saturated carbocycles. The normalized spacial score (nSPS) is 10.6. The second-order valence-electron chi connectivity index (χ2n) is 4.09. The second-order valence-corrected chi connectivity index (χ2v) is 5.38. The average molecular weight is 315 g/mol. The molecule has 17 heavy (non-hydrogen) atoms. The lowest BCUT2D eigenvalue weighted by atomic mass is 10.0. The maximum absolute atomic E-state index is 5.75. The molecule has 0 fully saturated rings. The molecule has 0 aliphatic rings. The van der Waals surface area contributed by atoms with Gasteiger partial charge in [-0.1, -0.05) is 45.0 Å². The Bertz CT molecular complexity index is 389. The Labute approximate surface area is 117 Å². The summed E-state index contributed by atoms with van der Waals surface area (Å²) in [6.07, 6.45) is 2.36. The lowest BCUT2D eigenvalue weighted by Crippen LogP contribution is -2.17. The molecule has 0 spiro atoms. The summed E-state index contributed by atoms with van der Waals surface area (Å²) in [7, 11) is 0. The number of hydrogen-bond acceptors (Lipinski definition) is 2. The van der Waals surface area contributed by atoms with Gasteiger partial charge in [0, 0.05) is 22.3 Å². The van der Waals surface area contributed by atoms with Crippen LogP contribution in [0.3, 0.4) is 0 Å². The Morgan fingerprint density at radius 3 is 2.59 bits per heavy atom. The van der Waals surface area contributed by atoms with Crippen molar-refractivity contribution >= 4 is 38.8 Å². The molecular formula is C13H19BrN2S. The fourth-order valence-corrected chi connectivity index (χ4v) is 2.68.